The number of ether oxygens (including phenoxy) is 1. The van der Waals surface area contributed by atoms with Gasteiger partial charge in [0, 0.05) is 6.07 Å². The predicted octanol–water partition coefficient (Wildman–Crippen LogP) is 1.82. The lowest BCUT2D eigenvalue weighted by atomic mass is 10.2. The van der Waals surface area contributed by atoms with Gasteiger partial charge in [-0.25, -0.2) is 4.39 Å². The summed E-state index contributed by atoms with van der Waals surface area (Å²) in [6.07, 6.45) is 5.12. The van der Waals surface area contributed by atoms with Crippen LogP contribution in [-0.2, 0) is 0 Å². The standard InChI is InChI=1S/C9H7FO/c1-3-7-4-5-8(10)6-9(7)11-2/h1,4-6H,2H3. The summed E-state index contributed by atoms with van der Waals surface area (Å²) < 4.78 is 17.4. The summed E-state index contributed by atoms with van der Waals surface area (Å²) in [6.45, 7) is 0. The molecule has 0 aromatic heterocycles. The summed E-state index contributed by atoms with van der Waals surface area (Å²) in [5.41, 5.74) is 0.564. The van der Waals surface area contributed by atoms with E-state index in [1.54, 1.807) is 0 Å². The Morgan fingerprint density at radius 1 is 1.55 bits per heavy atom. The first-order valence-corrected chi connectivity index (χ1v) is 3.08. The van der Waals surface area contributed by atoms with E-state index in [0.29, 0.717) is 11.3 Å². The molecule has 0 aliphatic carbocycles. The fourth-order valence-electron chi connectivity index (χ4n) is 0.784. The van der Waals surface area contributed by atoms with E-state index in [2.05, 4.69) is 5.92 Å². The van der Waals surface area contributed by atoms with Crippen molar-refractivity contribution >= 4 is 0 Å². The Morgan fingerprint density at radius 3 is 2.82 bits per heavy atom. The van der Waals surface area contributed by atoms with Crippen LogP contribution in [0, 0.1) is 18.2 Å². The third-order valence-electron chi connectivity index (χ3n) is 1.32. The highest BCUT2D eigenvalue weighted by molar-refractivity contribution is 5.44. The molecule has 0 amide bonds. The molecule has 0 bridgehead atoms. The van der Waals surface area contributed by atoms with Crippen LogP contribution in [0.1, 0.15) is 5.56 Å². The summed E-state index contributed by atoms with van der Waals surface area (Å²) >= 11 is 0. The molecule has 0 saturated heterocycles. The summed E-state index contributed by atoms with van der Waals surface area (Å²) in [5.74, 6) is 2.43. The molecule has 11 heavy (non-hydrogen) atoms. The van der Waals surface area contributed by atoms with Crippen LogP contribution in [0.2, 0.25) is 0 Å². The minimum Gasteiger partial charge on any atom is -0.495 e. The zero-order valence-corrected chi connectivity index (χ0v) is 6.10. The van der Waals surface area contributed by atoms with Gasteiger partial charge in [0.25, 0.3) is 0 Å². The molecule has 1 nitrogen and oxygen atoms in total. The Hall–Kier alpha value is -1.49. The Kier molecular flexibility index (Phi) is 2.12. The fourth-order valence-corrected chi connectivity index (χ4v) is 0.784. The van der Waals surface area contributed by atoms with Crippen molar-refractivity contribution in [2.45, 2.75) is 0 Å². The van der Waals surface area contributed by atoms with Gasteiger partial charge in [0.2, 0.25) is 0 Å². The van der Waals surface area contributed by atoms with Crippen LogP contribution in [0.3, 0.4) is 0 Å². The summed E-state index contributed by atoms with van der Waals surface area (Å²) in [6, 6.07) is 4.07. The van der Waals surface area contributed by atoms with Crippen molar-refractivity contribution in [2.24, 2.45) is 0 Å². The van der Waals surface area contributed by atoms with Crippen molar-refractivity contribution in [2.75, 3.05) is 7.11 Å². The van der Waals surface area contributed by atoms with Gasteiger partial charge in [-0.15, -0.1) is 6.42 Å². The van der Waals surface area contributed by atoms with Crippen LogP contribution in [-0.4, -0.2) is 7.11 Å². The van der Waals surface area contributed by atoms with E-state index in [-0.39, 0.29) is 5.82 Å². The molecular weight excluding hydrogens is 143 g/mol. The molecule has 0 radical (unpaired) electrons. The van der Waals surface area contributed by atoms with Crippen LogP contribution in [0.15, 0.2) is 18.2 Å². The van der Waals surface area contributed by atoms with E-state index in [0.717, 1.165) is 0 Å². The number of hydrogen-bond donors (Lipinski definition) is 0. The second-order valence-corrected chi connectivity index (χ2v) is 1.99. The van der Waals surface area contributed by atoms with Gasteiger partial charge in [0.1, 0.15) is 11.6 Å². The number of methoxy groups -OCH3 is 1. The molecule has 56 valence electrons. The average Bonchev–Trinajstić information content (AvgIpc) is 2.04. The van der Waals surface area contributed by atoms with E-state index >= 15 is 0 Å². The molecule has 0 aliphatic heterocycles. The number of hydrogen-bond acceptors (Lipinski definition) is 1. The zero-order chi connectivity index (χ0) is 8.27. The smallest absolute Gasteiger partial charge is 0.137 e. The first-order chi connectivity index (χ1) is 5.27. The third-order valence-corrected chi connectivity index (χ3v) is 1.32. The molecule has 0 atom stereocenters. The van der Waals surface area contributed by atoms with Crippen LogP contribution >= 0.6 is 0 Å². The van der Waals surface area contributed by atoms with Crippen molar-refractivity contribution in [3.63, 3.8) is 0 Å². The van der Waals surface area contributed by atoms with Crippen molar-refractivity contribution in [1.29, 1.82) is 0 Å². The lowest BCUT2D eigenvalue weighted by Crippen LogP contribution is -1.88. The third kappa shape index (κ3) is 1.50. The summed E-state index contributed by atoms with van der Waals surface area (Å²) in [4.78, 5) is 0. The van der Waals surface area contributed by atoms with Gasteiger partial charge in [-0.2, -0.15) is 0 Å². The molecule has 0 unspecified atom stereocenters. The molecule has 2 heteroatoms. The molecular formula is C9H7FO. The Balaban J connectivity index is 3.19. The monoisotopic (exact) mass is 150 g/mol. The minimum atomic E-state index is -0.346. The van der Waals surface area contributed by atoms with Gasteiger partial charge >= 0.3 is 0 Å². The number of rotatable bonds is 1. The van der Waals surface area contributed by atoms with E-state index in [1.807, 2.05) is 0 Å². The lowest BCUT2D eigenvalue weighted by Gasteiger charge is -2.01. The van der Waals surface area contributed by atoms with E-state index in [9.17, 15) is 4.39 Å². The van der Waals surface area contributed by atoms with Gasteiger partial charge in [-0.3, -0.25) is 0 Å². The molecule has 0 heterocycles. The van der Waals surface area contributed by atoms with Crippen LogP contribution in [0.4, 0.5) is 4.39 Å². The van der Waals surface area contributed by atoms with Crippen molar-refractivity contribution in [3.05, 3.63) is 29.6 Å². The summed E-state index contributed by atoms with van der Waals surface area (Å²) in [7, 11) is 1.45. The Bertz CT molecular complexity index is 299. The largest absolute Gasteiger partial charge is 0.495 e. The highest BCUT2D eigenvalue weighted by atomic mass is 19.1. The maximum Gasteiger partial charge on any atom is 0.137 e. The van der Waals surface area contributed by atoms with E-state index in [1.165, 1.54) is 25.3 Å². The topological polar surface area (TPSA) is 9.23 Å². The molecule has 1 aromatic carbocycles. The molecule has 1 aromatic rings. The second kappa shape index (κ2) is 3.07. The molecule has 0 aliphatic rings. The maximum absolute atomic E-state index is 12.5. The molecule has 0 saturated carbocycles. The minimum absolute atomic E-state index is 0.346. The maximum atomic E-state index is 12.5. The van der Waals surface area contributed by atoms with Crippen molar-refractivity contribution in [3.8, 4) is 18.1 Å². The lowest BCUT2D eigenvalue weighted by molar-refractivity contribution is 0.410. The Labute approximate surface area is 64.8 Å². The normalized spacial score (nSPS) is 8.82. The Morgan fingerprint density at radius 2 is 2.27 bits per heavy atom. The highest BCUT2D eigenvalue weighted by Crippen LogP contribution is 2.17. The first kappa shape index (κ1) is 7.62. The van der Waals surface area contributed by atoms with Gasteiger partial charge in [0.05, 0.1) is 12.7 Å². The predicted molar refractivity (Wildman–Crippen MR) is 40.9 cm³/mol. The molecule has 0 fully saturated rings. The van der Waals surface area contributed by atoms with Gasteiger partial charge in [-0.05, 0) is 12.1 Å². The first-order valence-electron chi connectivity index (χ1n) is 3.08. The fraction of sp³-hybridized carbons (Fsp3) is 0.111. The van der Waals surface area contributed by atoms with Crippen LogP contribution in [0.5, 0.6) is 5.75 Å². The molecule has 0 spiro atoms. The van der Waals surface area contributed by atoms with Gasteiger partial charge in [-0.1, -0.05) is 5.92 Å². The van der Waals surface area contributed by atoms with Gasteiger partial charge in [0.15, 0.2) is 0 Å². The summed E-state index contributed by atoms with van der Waals surface area (Å²) in [5, 5.41) is 0. The second-order valence-electron chi connectivity index (χ2n) is 1.99. The van der Waals surface area contributed by atoms with Gasteiger partial charge < -0.3 is 4.74 Å². The number of halogens is 1. The highest BCUT2D eigenvalue weighted by Gasteiger charge is 1.99. The number of terminal acetylenes is 1. The average molecular weight is 150 g/mol. The zero-order valence-electron chi connectivity index (χ0n) is 6.10. The van der Waals surface area contributed by atoms with Crippen LogP contribution in [0.25, 0.3) is 0 Å². The number of benzene rings is 1. The van der Waals surface area contributed by atoms with Crippen LogP contribution < -0.4 is 4.74 Å². The van der Waals surface area contributed by atoms with Crippen molar-refractivity contribution in [1.82, 2.24) is 0 Å². The van der Waals surface area contributed by atoms with Crippen molar-refractivity contribution < 1.29 is 9.13 Å². The molecule has 1 rings (SSSR count). The molecule has 0 N–H and O–H groups in total. The SMILES string of the molecule is C#Cc1ccc(F)cc1OC. The van der Waals surface area contributed by atoms with E-state index < -0.39 is 0 Å². The van der Waals surface area contributed by atoms with E-state index in [4.69, 9.17) is 11.2 Å². The quantitative estimate of drug-likeness (QED) is 0.555.